The minimum atomic E-state index is -0.672. The predicted octanol–water partition coefficient (Wildman–Crippen LogP) is 1.13. The molecule has 2 aliphatic rings. The van der Waals surface area contributed by atoms with E-state index in [0.29, 0.717) is 19.4 Å². The van der Waals surface area contributed by atoms with Crippen LogP contribution in [-0.2, 0) is 4.79 Å². The predicted molar refractivity (Wildman–Crippen MR) is 81.6 cm³/mol. The number of ether oxygens (including phenoxy) is 1. The van der Waals surface area contributed by atoms with Crippen LogP contribution in [0.25, 0.3) is 0 Å². The lowest BCUT2D eigenvalue weighted by Crippen LogP contribution is -2.54. The fourth-order valence-corrected chi connectivity index (χ4v) is 3.03. The van der Waals surface area contributed by atoms with E-state index < -0.39 is 5.54 Å². The molecule has 6 heteroatoms. The number of nitrogens with one attached hydrogen (secondary N) is 2. The van der Waals surface area contributed by atoms with Crippen molar-refractivity contribution in [2.75, 3.05) is 26.2 Å². The molecule has 2 heterocycles. The zero-order valence-corrected chi connectivity index (χ0v) is 12.5. The zero-order chi connectivity index (χ0) is 15.4. The molecule has 2 aliphatic heterocycles. The van der Waals surface area contributed by atoms with Crippen LogP contribution in [0.1, 0.15) is 19.3 Å². The summed E-state index contributed by atoms with van der Waals surface area (Å²) in [5.74, 6) is 0.718. The Morgan fingerprint density at radius 1 is 1.14 bits per heavy atom. The van der Waals surface area contributed by atoms with Gasteiger partial charge in [-0.15, -0.1) is 0 Å². The first kappa shape index (κ1) is 14.8. The molecule has 2 fully saturated rings. The molecular weight excluding hydrogens is 282 g/mol. The third-order valence-corrected chi connectivity index (χ3v) is 4.35. The molecule has 0 atom stereocenters. The number of amides is 3. The van der Waals surface area contributed by atoms with E-state index in [1.54, 1.807) is 0 Å². The van der Waals surface area contributed by atoms with E-state index in [1.165, 1.54) is 0 Å². The van der Waals surface area contributed by atoms with E-state index in [9.17, 15) is 9.59 Å². The average Bonchev–Trinajstić information content (AvgIpc) is 2.80. The summed E-state index contributed by atoms with van der Waals surface area (Å²) < 4.78 is 5.67. The fourth-order valence-electron chi connectivity index (χ4n) is 3.03. The highest BCUT2D eigenvalue weighted by Gasteiger charge is 2.47. The topological polar surface area (TPSA) is 70.7 Å². The van der Waals surface area contributed by atoms with E-state index in [2.05, 4.69) is 15.5 Å². The quantitative estimate of drug-likeness (QED) is 0.632. The Bertz CT molecular complexity index is 539. The minimum Gasteiger partial charge on any atom is -0.494 e. The summed E-state index contributed by atoms with van der Waals surface area (Å²) in [6.07, 6.45) is 2.29. The van der Waals surface area contributed by atoms with Gasteiger partial charge in [0.1, 0.15) is 11.3 Å². The van der Waals surface area contributed by atoms with Crippen molar-refractivity contribution in [3.63, 3.8) is 0 Å². The zero-order valence-electron chi connectivity index (χ0n) is 12.5. The molecule has 1 aromatic carbocycles. The van der Waals surface area contributed by atoms with Crippen molar-refractivity contribution in [2.45, 2.75) is 24.8 Å². The Hall–Kier alpha value is -2.08. The Labute approximate surface area is 129 Å². The maximum atomic E-state index is 11.9. The average molecular weight is 303 g/mol. The first-order chi connectivity index (χ1) is 10.7. The van der Waals surface area contributed by atoms with Crippen LogP contribution in [-0.4, -0.2) is 48.6 Å². The lowest BCUT2D eigenvalue weighted by Gasteiger charge is -2.36. The highest BCUT2D eigenvalue weighted by Crippen LogP contribution is 2.25. The molecule has 1 aromatic rings. The standard InChI is InChI=1S/C16H21N3O3/c20-14-16(18-15(21)17-14)7-10-19(11-8-16)9-4-12-22-13-5-2-1-3-6-13/h1-3,5-6H,4,7-12H2,(H2,17,18,20,21). The number of imide groups is 1. The normalized spacial score (nSPS) is 20.7. The van der Waals surface area contributed by atoms with Gasteiger partial charge in [0, 0.05) is 19.6 Å². The molecule has 0 bridgehead atoms. The van der Waals surface area contributed by atoms with Crippen molar-refractivity contribution >= 4 is 11.9 Å². The molecule has 0 aliphatic carbocycles. The van der Waals surface area contributed by atoms with Gasteiger partial charge >= 0.3 is 6.03 Å². The molecule has 0 unspecified atom stereocenters. The Morgan fingerprint density at radius 2 is 1.86 bits per heavy atom. The number of hydrogen-bond donors (Lipinski definition) is 2. The van der Waals surface area contributed by atoms with Gasteiger partial charge in [-0.2, -0.15) is 0 Å². The van der Waals surface area contributed by atoms with Gasteiger partial charge in [-0.25, -0.2) is 4.79 Å². The van der Waals surface area contributed by atoms with E-state index >= 15 is 0 Å². The largest absolute Gasteiger partial charge is 0.494 e. The van der Waals surface area contributed by atoms with Crippen LogP contribution in [0.15, 0.2) is 30.3 Å². The summed E-state index contributed by atoms with van der Waals surface area (Å²) >= 11 is 0. The number of para-hydroxylation sites is 1. The fraction of sp³-hybridized carbons (Fsp3) is 0.500. The second-order valence-corrected chi connectivity index (χ2v) is 5.85. The van der Waals surface area contributed by atoms with Crippen molar-refractivity contribution in [2.24, 2.45) is 0 Å². The molecule has 0 saturated carbocycles. The van der Waals surface area contributed by atoms with Gasteiger partial charge in [0.05, 0.1) is 6.61 Å². The maximum Gasteiger partial charge on any atom is 0.322 e. The first-order valence-electron chi connectivity index (χ1n) is 7.72. The molecule has 118 valence electrons. The van der Waals surface area contributed by atoms with E-state index in [0.717, 1.165) is 31.8 Å². The molecule has 0 aromatic heterocycles. The maximum absolute atomic E-state index is 11.9. The number of likely N-dealkylation sites (tertiary alicyclic amines) is 1. The van der Waals surface area contributed by atoms with Crippen LogP contribution in [0.4, 0.5) is 4.79 Å². The number of hydrogen-bond acceptors (Lipinski definition) is 4. The minimum absolute atomic E-state index is 0.176. The van der Waals surface area contributed by atoms with Crippen LogP contribution in [0, 0.1) is 0 Å². The Kier molecular flexibility index (Phi) is 4.29. The van der Waals surface area contributed by atoms with Gasteiger partial charge in [-0.3, -0.25) is 10.1 Å². The Morgan fingerprint density at radius 3 is 2.50 bits per heavy atom. The van der Waals surface area contributed by atoms with Crippen LogP contribution >= 0.6 is 0 Å². The lowest BCUT2D eigenvalue weighted by atomic mass is 9.88. The first-order valence-corrected chi connectivity index (χ1v) is 7.72. The highest BCUT2D eigenvalue weighted by molar-refractivity contribution is 6.07. The van der Waals surface area contributed by atoms with Gasteiger partial charge in [0.2, 0.25) is 0 Å². The number of rotatable bonds is 5. The third kappa shape index (κ3) is 3.22. The molecule has 0 radical (unpaired) electrons. The number of benzene rings is 1. The van der Waals surface area contributed by atoms with Crippen LogP contribution < -0.4 is 15.4 Å². The van der Waals surface area contributed by atoms with Crippen molar-refractivity contribution in [3.05, 3.63) is 30.3 Å². The second kappa shape index (κ2) is 6.36. The van der Waals surface area contributed by atoms with Gasteiger partial charge in [-0.05, 0) is 31.4 Å². The lowest BCUT2D eigenvalue weighted by molar-refractivity contribution is -0.125. The van der Waals surface area contributed by atoms with Crippen molar-refractivity contribution < 1.29 is 14.3 Å². The molecule has 6 nitrogen and oxygen atoms in total. The molecule has 3 rings (SSSR count). The van der Waals surface area contributed by atoms with Gasteiger partial charge < -0.3 is 15.0 Å². The van der Waals surface area contributed by atoms with Crippen LogP contribution in [0.2, 0.25) is 0 Å². The monoisotopic (exact) mass is 303 g/mol. The molecule has 1 spiro atoms. The number of piperidine rings is 1. The van der Waals surface area contributed by atoms with Gasteiger partial charge in [0.15, 0.2) is 0 Å². The highest BCUT2D eigenvalue weighted by atomic mass is 16.5. The van der Waals surface area contributed by atoms with Gasteiger partial charge in [0.25, 0.3) is 5.91 Å². The summed E-state index contributed by atoms with van der Waals surface area (Å²) in [6.45, 7) is 3.26. The number of carbonyl (C=O) groups is 2. The summed E-state index contributed by atoms with van der Waals surface area (Å²) in [6, 6.07) is 9.42. The van der Waals surface area contributed by atoms with Gasteiger partial charge in [-0.1, -0.05) is 18.2 Å². The summed E-state index contributed by atoms with van der Waals surface area (Å²) in [5, 5.41) is 5.11. The number of nitrogens with zero attached hydrogens (tertiary/aromatic N) is 1. The van der Waals surface area contributed by atoms with E-state index in [4.69, 9.17) is 4.74 Å². The smallest absolute Gasteiger partial charge is 0.322 e. The summed E-state index contributed by atoms with van der Waals surface area (Å²) in [7, 11) is 0. The summed E-state index contributed by atoms with van der Waals surface area (Å²) in [5.41, 5.74) is -0.672. The second-order valence-electron chi connectivity index (χ2n) is 5.85. The molecular formula is C16H21N3O3. The van der Waals surface area contributed by atoms with E-state index in [1.807, 2.05) is 30.3 Å². The van der Waals surface area contributed by atoms with Crippen molar-refractivity contribution in [1.29, 1.82) is 0 Å². The molecule has 2 saturated heterocycles. The van der Waals surface area contributed by atoms with E-state index in [-0.39, 0.29) is 11.9 Å². The SMILES string of the molecule is O=C1NC(=O)C2(CCN(CCCOc3ccccc3)CC2)N1. The Balaban J connectivity index is 1.38. The molecule has 22 heavy (non-hydrogen) atoms. The number of urea groups is 1. The van der Waals surface area contributed by atoms with Crippen LogP contribution in [0.3, 0.4) is 0 Å². The van der Waals surface area contributed by atoms with Crippen molar-refractivity contribution in [1.82, 2.24) is 15.5 Å². The van der Waals surface area contributed by atoms with Crippen LogP contribution in [0.5, 0.6) is 5.75 Å². The third-order valence-electron chi connectivity index (χ3n) is 4.35. The molecule has 2 N–H and O–H groups in total. The molecule has 3 amide bonds. The number of carbonyl (C=O) groups excluding carboxylic acids is 2. The summed E-state index contributed by atoms with van der Waals surface area (Å²) in [4.78, 5) is 25.5. The van der Waals surface area contributed by atoms with Crippen molar-refractivity contribution in [3.8, 4) is 5.75 Å².